The van der Waals surface area contributed by atoms with Crippen molar-refractivity contribution in [3.05, 3.63) is 47.5 Å². The van der Waals surface area contributed by atoms with E-state index in [2.05, 4.69) is 10.1 Å². The molecule has 2 aromatic rings. The van der Waals surface area contributed by atoms with E-state index in [0.29, 0.717) is 6.54 Å². The summed E-state index contributed by atoms with van der Waals surface area (Å²) in [7, 11) is 0. The Hall–Kier alpha value is -2.17. The Kier molecular flexibility index (Phi) is 2.68. The summed E-state index contributed by atoms with van der Waals surface area (Å²) >= 11 is 0. The molecule has 2 aromatic heterocycles. The summed E-state index contributed by atoms with van der Waals surface area (Å²) in [6.45, 7) is 2.36. The van der Waals surface area contributed by atoms with Crippen LogP contribution in [-0.4, -0.2) is 25.8 Å². The van der Waals surface area contributed by atoms with Crippen molar-refractivity contribution >= 4 is 5.97 Å². The van der Waals surface area contributed by atoms with Gasteiger partial charge in [-0.1, -0.05) is 6.07 Å². The smallest absolute Gasteiger partial charge is 0.356 e. The van der Waals surface area contributed by atoms with Gasteiger partial charge in [-0.2, -0.15) is 5.10 Å². The molecule has 0 aliphatic rings. The van der Waals surface area contributed by atoms with Gasteiger partial charge in [0.05, 0.1) is 6.54 Å². The molecule has 0 atom stereocenters. The Balaban J connectivity index is 2.25. The second-order valence-electron chi connectivity index (χ2n) is 3.50. The van der Waals surface area contributed by atoms with Crippen LogP contribution in [0.1, 0.15) is 21.7 Å². The lowest BCUT2D eigenvalue weighted by Gasteiger charge is -2.03. The van der Waals surface area contributed by atoms with Crippen molar-refractivity contribution < 1.29 is 9.90 Å². The van der Waals surface area contributed by atoms with Crippen LogP contribution in [0.4, 0.5) is 0 Å². The second-order valence-corrected chi connectivity index (χ2v) is 3.50. The molecule has 5 heteroatoms. The lowest BCUT2D eigenvalue weighted by molar-refractivity contribution is 0.0689. The molecule has 0 amide bonds. The predicted octanol–water partition coefficient (Wildman–Crippen LogP) is 1.33. The third-order valence-corrected chi connectivity index (χ3v) is 2.26. The Labute approximate surface area is 92.4 Å². The Morgan fingerprint density at radius 3 is 2.94 bits per heavy atom. The topological polar surface area (TPSA) is 68.0 Å². The van der Waals surface area contributed by atoms with Gasteiger partial charge in [0.2, 0.25) is 0 Å². The van der Waals surface area contributed by atoms with Crippen molar-refractivity contribution in [2.45, 2.75) is 13.5 Å². The van der Waals surface area contributed by atoms with Gasteiger partial charge in [0, 0.05) is 18.1 Å². The molecule has 1 N–H and O–H groups in total. The van der Waals surface area contributed by atoms with Crippen molar-refractivity contribution in [1.82, 2.24) is 14.8 Å². The number of aromatic carboxylic acids is 1. The number of aromatic nitrogens is 3. The molecule has 82 valence electrons. The summed E-state index contributed by atoms with van der Waals surface area (Å²) in [6, 6.07) is 5.32. The molecule has 2 heterocycles. The Morgan fingerprint density at radius 1 is 1.56 bits per heavy atom. The SMILES string of the molecule is Cc1cc(C(=O)O)nn1Cc1cccnc1. The maximum absolute atomic E-state index is 10.7. The average Bonchev–Trinajstić information content (AvgIpc) is 2.62. The van der Waals surface area contributed by atoms with Crippen molar-refractivity contribution in [2.75, 3.05) is 0 Å². The molecule has 0 aromatic carbocycles. The van der Waals surface area contributed by atoms with Gasteiger partial charge in [-0.3, -0.25) is 9.67 Å². The summed E-state index contributed by atoms with van der Waals surface area (Å²) in [6.07, 6.45) is 3.43. The Bertz CT molecular complexity index is 505. The van der Waals surface area contributed by atoms with E-state index in [1.807, 2.05) is 19.1 Å². The van der Waals surface area contributed by atoms with Crippen molar-refractivity contribution in [1.29, 1.82) is 0 Å². The van der Waals surface area contributed by atoms with Crippen LogP contribution in [0.3, 0.4) is 0 Å². The first kappa shape index (κ1) is 10.4. The fourth-order valence-corrected chi connectivity index (χ4v) is 1.44. The fourth-order valence-electron chi connectivity index (χ4n) is 1.44. The van der Waals surface area contributed by atoms with Crippen LogP contribution >= 0.6 is 0 Å². The number of rotatable bonds is 3. The molecule has 0 saturated carbocycles. The number of carboxylic acid groups (broad SMARTS) is 1. The maximum atomic E-state index is 10.7. The zero-order valence-electron chi connectivity index (χ0n) is 8.79. The van der Waals surface area contributed by atoms with E-state index in [9.17, 15) is 4.79 Å². The Morgan fingerprint density at radius 2 is 2.38 bits per heavy atom. The molecular formula is C11H11N3O2. The number of pyridine rings is 1. The van der Waals surface area contributed by atoms with E-state index >= 15 is 0 Å². The van der Waals surface area contributed by atoms with Gasteiger partial charge in [-0.25, -0.2) is 4.79 Å². The maximum Gasteiger partial charge on any atom is 0.356 e. The van der Waals surface area contributed by atoms with Crippen LogP contribution in [0.5, 0.6) is 0 Å². The zero-order chi connectivity index (χ0) is 11.5. The monoisotopic (exact) mass is 217 g/mol. The van der Waals surface area contributed by atoms with E-state index in [-0.39, 0.29) is 5.69 Å². The number of nitrogens with zero attached hydrogens (tertiary/aromatic N) is 3. The van der Waals surface area contributed by atoms with Crippen LogP contribution < -0.4 is 0 Å². The lowest BCUT2D eigenvalue weighted by atomic mass is 10.3. The average molecular weight is 217 g/mol. The number of carboxylic acids is 1. The summed E-state index contributed by atoms with van der Waals surface area (Å²) in [5.74, 6) is -1.01. The molecule has 0 radical (unpaired) electrons. The van der Waals surface area contributed by atoms with E-state index < -0.39 is 5.97 Å². The van der Waals surface area contributed by atoms with E-state index in [1.54, 1.807) is 23.1 Å². The molecule has 5 nitrogen and oxygen atoms in total. The van der Waals surface area contributed by atoms with Crippen LogP contribution in [0.15, 0.2) is 30.6 Å². The lowest BCUT2D eigenvalue weighted by Crippen LogP contribution is -2.05. The minimum Gasteiger partial charge on any atom is -0.476 e. The number of hydrogen-bond donors (Lipinski definition) is 1. The molecule has 0 aliphatic heterocycles. The van der Waals surface area contributed by atoms with Crippen LogP contribution in [0, 0.1) is 6.92 Å². The van der Waals surface area contributed by atoms with Gasteiger partial charge >= 0.3 is 5.97 Å². The van der Waals surface area contributed by atoms with Gasteiger partial charge in [-0.05, 0) is 24.6 Å². The normalized spacial score (nSPS) is 10.3. The molecular weight excluding hydrogens is 206 g/mol. The molecule has 16 heavy (non-hydrogen) atoms. The highest BCUT2D eigenvalue weighted by Crippen LogP contribution is 2.06. The standard InChI is InChI=1S/C11H11N3O2/c1-8-5-10(11(15)16)13-14(8)7-9-3-2-4-12-6-9/h2-6H,7H2,1H3,(H,15,16). The second kappa shape index (κ2) is 4.14. The molecule has 0 bridgehead atoms. The first-order valence-corrected chi connectivity index (χ1v) is 4.83. The third-order valence-electron chi connectivity index (χ3n) is 2.26. The van der Waals surface area contributed by atoms with E-state index in [0.717, 1.165) is 11.3 Å². The van der Waals surface area contributed by atoms with Gasteiger partial charge in [0.1, 0.15) is 0 Å². The number of hydrogen-bond acceptors (Lipinski definition) is 3. The first-order chi connectivity index (χ1) is 7.66. The third kappa shape index (κ3) is 2.08. The van der Waals surface area contributed by atoms with Gasteiger partial charge < -0.3 is 5.11 Å². The number of aryl methyl sites for hydroxylation is 1. The highest BCUT2D eigenvalue weighted by atomic mass is 16.4. The summed E-state index contributed by atoms with van der Waals surface area (Å²) in [5, 5.41) is 12.8. The van der Waals surface area contributed by atoms with Crippen LogP contribution in [0.25, 0.3) is 0 Å². The quantitative estimate of drug-likeness (QED) is 0.842. The molecule has 0 saturated heterocycles. The molecule has 0 unspecified atom stereocenters. The van der Waals surface area contributed by atoms with E-state index in [1.165, 1.54) is 0 Å². The molecule has 0 fully saturated rings. The fraction of sp³-hybridized carbons (Fsp3) is 0.182. The molecule has 2 rings (SSSR count). The van der Waals surface area contributed by atoms with Crippen molar-refractivity contribution in [3.8, 4) is 0 Å². The highest BCUT2D eigenvalue weighted by Gasteiger charge is 2.10. The molecule has 0 aliphatic carbocycles. The summed E-state index contributed by atoms with van der Waals surface area (Å²) < 4.78 is 1.65. The summed E-state index contributed by atoms with van der Waals surface area (Å²) in [4.78, 5) is 14.7. The van der Waals surface area contributed by atoms with Crippen molar-refractivity contribution in [3.63, 3.8) is 0 Å². The van der Waals surface area contributed by atoms with E-state index in [4.69, 9.17) is 5.11 Å². The van der Waals surface area contributed by atoms with Gasteiger partial charge in [-0.15, -0.1) is 0 Å². The highest BCUT2D eigenvalue weighted by molar-refractivity contribution is 5.85. The largest absolute Gasteiger partial charge is 0.476 e. The number of carbonyl (C=O) groups is 1. The van der Waals surface area contributed by atoms with Crippen LogP contribution in [-0.2, 0) is 6.54 Å². The van der Waals surface area contributed by atoms with Gasteiger partial charge in [0.15, 0.2) is 5.69 Å². The van der Waals surface area contributed by atoms with Crippen molar-refractivity contribution in [2.24, 2.45) is 0 Å². The summed E-state index contributed by atoms with van der Waals surface area (Å²) in [5.41, 5.74) is 1.88. The zero-order valence-corrected chi connectivity index (χ0v) is 8.79. The minimum absolute atomic E-state index is 0.0707. The first-order valence-electron chi connectivity index (χ1n) is 4.83. The minimum atomic E-state index is -1.01. The predicted molar refractivity (Wildman–Crippen MR) is 57.3 cm³/mol. The molecule has 0 spiro atoms. The van der Waals surface area contributed by atoms with Gasteiger partial charge in [0.25, 0.3) is 0 Å². The van der Waals surface area contributed by atoms with Crippen LogP contribution in [0.2, 0.25) is 0 Å².